The maximum atomic E-state index is 13.8. The maximum absolute atomic E-state index is 13.8. The molecule has 150 valence electrons. The molecule has 1 fully saturated rings. The van der Waals surface area contributed by atoms with Crippen LogP contribution in [0.4, 0.5) is 22.0 Å². The minimum Gasteiger partial charge on any atom is -0.493 e. The first kappa shape index (κ1) is 21.1. The Balaban J connectivity index is 2.53. The first-order chi connectivity index (χ1) is 12.4. The van der Waals surface area contributed by atoms with Gasteiger partial charge in [-0.2, -0.15) is 13.2 Å². The molecule has 0 aromatic heterocycles. The zero-order valence-electron chi connectivity index (χ0n) is 14.1. The summed E-state index contributed by atoms with van der Waals surface area (Å²) < 4.78 is 77.2. The molecule has 0 bridgehead atoms. The molecule has 2 N–H and O–H groups in total. The number of hydrogen-bond donors (Lipinski definition) is 2. The lowest BCUT2D eigenvalue weighted by Crippen LogP contribution is -2.44. The van der Waals surface area contributed by atoms with E-state index in [4.69, 9.17) is 26.9 Å². The van der Waals surface area contributed by atoms with E-state index in [0.29, 0.717) is 6.07 Å². The highest BCUT2D eigenvalue weighted by molar-refractivity contribution is 7.80. The smallest absolute Gasteiger partial charge is 0.420 e. The molecule has 1 atom stereocenters. The summed E-state index contributed by atoms with van der Waals surface area (Å²) in [6, 6.07) is 0.189. The van der Waals surface area contributed by atoms with Gasteiger partial charge in [-0.25, -0.2) is 14.3 Å². The number of rotatable bonds is 4. The van der Waals surface area contributed by atoms with Gasteiger partial charge in [0.2, 0.25) is 0 Å². The molecule has 27 heavy (non-hydrogen) atoms. The summed E-state index contributed by atoms with van der Waals surface area (Å²) in [7, 11) is 2.13. The van der Waals surface area contributed by atoms with Gasteiger partial charge in [-0.3, -0.25) is 10.0 Å². The van der Waals surface area contributed by atoms with Gasteiger partial charge in [0.1, 0.15) is 16.6 Å². The number of hydroxylamine groups is 1. The number of alkyl halides is 5. The zero-order chi connectivity index (χ0) is 20.6. The summed E-state index contributed by atoms with van der Waals surface area (Å²) in [4.78, 5) is 12.0. The Morgan fingerprint density at radius 3 is 2.44 bits per heavy atom. The van der Waals surface area contributed by atoms with Crippen LogP contribution in [-0.2, 0) is 11.0 Å². The first-order valence-electron chi connectivity index (χ1n) is 7.41. The molecule has 12 heteroatoms. The highest BCUT2D eigenvalue weighted by Gasteiger charge is 2.49. The van der Waals surface area contributed by atoms with Crippen molar-refractivity contribution in [3.63, 3.8) is 0 Å². The van der Waals surface area contributed by atoms with E-state index in [9.17, 15) is 26.7 Å². The largest absolute Gasteiger partial charge is 0.493 e. The maximum Gasteiger partial charge on any atom is 0.420 e. The van der Waals surface area contributed by atoms with Gasteiger partial charge in [-0.1, -0.05) is 12.2 Å². The van der Waals surface area contributed by atoms with Gasteiger partial charge < -0.3 is 14.4 Å². The number of halogens is 5. The Labute approximate surface area is 155 Å². The predicted octanol–water partition coefficient (Wildman–Crippen LogP) is 2.61. The molecule has 0 aliphatic carbocycles. The van der Waals surface area contributed by atoms with E-state index in [1.807, 2.05) is 0 Å². The molecule has 1 amide bonds. The van der Waals surface area contributed by atoms with Crippen LogP contribution < -0.4 is 15.0 Å². The molecule has 0 unspecified atom stereocenters. The van der Waals surface area contributed by atoms with Crippen LogP contribution in [0.25, 0.3) is 0 Å². The third kappa shape index (κ3) is 4.21. The lowest BCUT2D eigenvalue weighted by Gasteiger charge is -2.26. The average molecular weight is 414 g/mol. The number of thiocarbonyl (C=S) groups is 1. The van der Waals surface area contributed by atoms with Crippen molar-refractivity contribution in [2.45, 2.75) is 24.6 Å². The topological polar surface area (TPSA) is 71.0 Å². The summed E-state index contributed by atoms with van der Waals surface area (Å²) in [6.07, 6.45) is -5.78. The second-order valence-electron chi connectivity index (χ2n) is 5.74. The Kier molecular flexibility index (Phi) is 5.80. The van der Waals surface area contributed by atoms with Gasteiger partial charge in [-0.05, 0) is 12.1 Å². The van der Waals surface area contributed by atoms with Crippen LogP contribution in [-0.4, -0.2) is 53.7 Å². The number of amides is 1. The van der Waals surface area contributed by atoms with Crippen molar-refractivity contribution in [3.05, 3.63) is 23.3 Å². The molecular weight excluding hydrogens is 399 g/mol. The van der Waals surface area contributed by atoms with Crippen LogP contribution in [0.1, 0.15) is 17.5 Å². The Morgan fingerprint density at radius 2 is 1.96 bits per heavy atom. The van der Waals surface area contributed by atoms with Gasteiger partial charge in [0.15, 0.2) is 11.5 Å². The fraction of sp³-hybridized carbons (Fsp3) is 0.467. The average Bonchev–Trinajstić information content (AvgIpc) is 2.93. The van der Waals surface area contributed by atoms with Crippen molar-refractivity contribution in [2.24, 2.45) is 0 Å². The molecule has 0 saturated carbocycles. The van der Waals surface area contributed by atoms with Crippen LogP contribution in [0, 0.1) is 0 Å². The molecule has 1 aliphatic rings. The normalized spacial score (nSPS) is 19.0. The number of carbonyl (C=O) groups is 1. The van der Waals surface area contributed by atoms with Crippen molar-refractivity contribution in [1.82, 2.24) is 10.4 Å². The Hall–Kier alpha value is -2.21. The standard InChI is InChI=1S/C15H15F5N2O4S/c1-25-10-4-7(3-8(11(10)26-2)15(18,19)20)13(27)22-6-14(16,17)5-9(22)12(23)21-24/h3-4,9,24H,5-6H2,1-2H3,(H,21,23)/t9-/m1/s1. The molecule has 1 aliphatic heterocycles. The van der Waals surface area contributed by atoms with Gasteiger partial charge in [0.05, 0.1) is 20.8 Å². The van der Waals surface area contributed by atoms with E-state index >= 15 is 0 Å². The highest BCUT2D eigenvalue weighted by Crippen LogP contribution is 2.43. The quantitative estimate of drug-likeness (QED) is 0.342. The Bertz CT molecular complexity index is 756. The summed E-state index contributed by atoms with van der Waals surface area (Å²) in [5.74, 6) is -5.36. The minimum absolute atomic E-state index is 0.261. The number of hydrogen-bond acceptors (Lipinski definition) is 5. The second-order valence-corrected chi connectivity index (χ2v) is 6.13. The number of likely N-dealkylation sites (tertiary alicyclic amines) is 1. The van der Waals surface area contributed by atoms with E-state index in [1.165, 1.54) is 5.48 Å². The molecule has 0 radical (unpaired) electrons. The Morgan fingerprint density at radius 1 is 1.33 bits per heavy atom. The molecule has 1 saturated heterocycles. The van der Waals surface area contributed by atoms with Crippen molar-refractivity contribution in [2.75, 3.05) is 20.8 Å². The molecule has 1 aromatic carbocycles. The van der Waals surface area contributed by atoms with Crippen LogP contribution in [0.2, 0.25) is 0 Å². The van der Waals surface area contributed by atoms with Crippen LogP contribution in [0.3, 0.4) is 0 Å². The molecular formula is C15H15F5N2O4S. The summed E-state index contributed by atoms with van der Waals surface area (Å²) in [5.41, 5.74) is -0.214. The number of carbonyl (C=O) groups excluding carboxylic acids is 1. The SMILES string of the molecule is COc1cc(C(=S)N2CC(F)(F)C[C@@H]2C(=O)NO)cc(C(F)(F)F)c1OC. The first-order valence-corrected chi connectivity index (χ1v) is 7.82. The molecule has 1 heterocycles. The summed E-state index contributed by atoms with van der Waals surface area (Å²) in [6.45, 7) is -0.986. The predicted molar refractivity (Wildman–Crippen MR) is 86.2 cm³/mol. The van der Waals surface area contributed by atoms with Crippen molar-refractivity contribution in [3.8, 4) is 11.5 Å². The number of methoxy groups -OCH3 is 2. The number of nitrogens with one attached hydrogen (secondary N) is 1. The molecule has 2 rings (SSSR count). The summed E-state index contributed by atoms with van der Waals surface area (Å²) >= 11 is 5.06. The second kappa shape index (κ2) is 7.43. The van der Waals surface area contributed by atoms with Crippen molar-refractivity contribution in [1.29, 1.82) is 0 Å². The summed E-state index contributed by atoms with van der Waals surface area (Å²) in [5, 5.41) is 8.74. The van der Waals surface area contributed by atoms with Crippen molar-refractivity contribution >= 4 is 23.1 Å². The fourth-order valence-corrected chi connectivity index (χ4v) is 3.11. The van der Waals surface area contributed by atoms with Crippen LogP contribution >= 0.6 is 12.2 Å². The van der Waals surface area contributed by atoms with E-state index in [1.54, 1.807) is 0 Å². The number of nitrogens with zero attached hydrogens (tertiary/aromatic N) is 1. The molecule has 1 aromatic rings. The number of ether oxygens (including phenoxy) is 2. The van der Waals surface area contributed by atoms with Crippen LogP contribution in [0.5, 0.6) is 11.5 Å². The minimum atomic E-state index is -4.83. The fourth-order valence-electron chi connectivity index (χ4n) is 2.80. The third-order valence-corrected chi connectivity index (χ3v) is 4.45. The van der Waals surface area contributed by atoms with Gasteiger partial charge >= 0.3 is 6.18 Å². The van der Waals surface area contributed by atoms with Crippen molar-refractivity contribution < 1.29 is 41.4 Å². The monoisotopic (exact) mass is 414 g/mol. The van der Waals surface area contributed by atoms with Gasteiger partial charge in [-0.15, -0.1) is 0 Å². The zero-order valence-corrected chi connectivity index (χ0v) is 14.9. The lowest BCUT2D eigenvalue weighted by atomic mass is 10.1. The lowest BCUT2D eigenvalue weighted by molar-refractivity contribution is -0.139. The third-order valence-electron chi connectivity index (χ3n) is 3.97. The number of benzene rings is 1. The van der Waals surface area contributed by atoms with Crippen LogP contribution in [0.15, 0.2) is 12.1 Å². The molecule has 0 spiro atoms. The van der Waals surface area contributed by atoms with E-state index in [2.05, 4.69) is 0 Å². The van der Waals surface area contributed by atoms with E-state index in [-0.39, 0.29) is 11.3 Å². The highest BCUT2D eigenvalue weighted by atomic mass is 32.1. The van der Waals surface area contributed by atoms with Gasteiger partial charge in [0, 0.05) is 12.0 Å². The molecule has 6 nitrogen and oxygen atoms in total. The van der Waals surface area contributed by atoms with E-state index < -0.39 is 53.3 Å². The van der Waals surface area contributed by atoms with Gasteiger partial charge in [0.25, 0.3) is 11.8 Å². The van der Waals surface area contributed by atoms with E-state index in [0.717, 1.165) is 25.2 Å².